The van der Waals surface area contributed by atoms with Crippen LogP contribution in [0.15, 0.2) is 6.07 Å². The van der Waals surface area contributed by atoms with Crippen LogP contribution in [0.1, 0.15) is 144 Å². The molecule has 0 bridgehead atoms. The third-order valence-corrected chi connectivity index (χ3v) is 7.12. The minimum absolute atomic E-state index is 0.0000883. The van der Waals surface area contributed by atoms with Crippen LogP contribution in [-0.4, -0.2) is 23.1 Å². The molecule has 0 heterocycles. The van der Waals surface area contributed by atoms with Crippen molar-refractivity contribution in [3.05, 3.63) is 33.9 Å². The van der Waals surface area contributed by atoms with Crippen molar-refractivity contribution < 1.29 is 19.2 Å². The second-order valence-corrected chi connectivity index (χ2v) is 10.8. The highest BCUT2D eigenvalue weighted by Crippen LogP contribution is 2.40. The van der Waals surface area contributed by atoms with Crippen LogP contribution in [0.4, 0.5) is 0 Å². The Balaban J connectivity index is 0.00000194. The fourth-order valence-electron chi connectivity index (χ4n) is 5.71. The van der Waals surface area contributed by atoms with Gasteiger partial charge in [-0.25, -0.2) is 0 Å². The minimum atomic E-state index is -0.123. The van der Waals surface area contributed by atoms with Gasteiger partial charge in [-0.15, -0.1) is 0 Å². The van der Waals surface area contributed by atoms with Gasteiger partial charge in [0.25, 0.3) is 0 Å². The van der Waals surface area contributed by atoms with Crippen LogP contribution in [0, 0.1) is 24.7 Å². The maximum atomic E-state index is 13.3. The molecular weight excluding hydrogens is 436 g/mol. The summed E-state index contributed by atoms with van der Waals surface area (Å²) in [6.45, 7) is 17.5. The largest absolute Gasteiger partial charge is 0.300 e. The first-order valence-electron chi connectivity index (χ1n) is 13.7. The lowest BCUT2D eigenvalue weighted by molar-refractivity contribution is -0.129. The molecule has 196 valence electrons. The first-order chi connectivity index (χ1) is 16.4. The summed E-state index contributed by atoms with van der Waals surface area (Å²) in [5.74, 6) is 0.566. The molecule has 0 amide bonds. The van der Waals surface area contributed by atoms with Crippen molar-refractivity contribution in [1.82, 2.24) is 0 Å². The summed E-state index contributed by atoms with van der Waals surface area (Å²) in [7, 11) is 0. The van der Waals surface area contributed by atoms with Crippen molar-refractivity contribution in [2.45, 2.75) is 120 Å². The molecule has 0 saturated carbocycles. The van der Waals surface area contributed by atoms with E-state index in [2.05, 4.69) is 34.6 Å². The molecule has 1 aliphatic carbocycles. The zero-order valence-corrected chi connectivity index (χ0v) is 23.7. The molecule has 1 aromatic carbocycles. The Labute approximate surface area is 213 Å². The fraction of sp³-hybridized carbons (Fsp3) is 0.677. The van der Waals surface area contributed by atoms with E-state index in [1.165, 1.54) is 13.3 Å². The van der Waals surface area contributed by atoms with E-state index in [9.17, 15) is 19.2 Å². The summed E-state index contributed by atoms with van der Waals surface area (Å²) in [5.41, 5.74) is 4.42. The highest BCUT2D eigenvalue weighted by Gasteiger charge is 2.35. The standard InChI is InChI=1S/C28H40O4.C3H8/c1-8-10-21(22(9-2)26(31)11-17(5)29)12-20-13-25-23(16(3)4)15-24(19(7)30)18(6)28(25)27(32)14-20;1-3-2/h15-16,20-22H,8-14H2,1-7H3;3H2,1-2H3. The van der Waals surface area contributed by atoms with Crippen molar-refractivity contribution in [1.29, 1.82) is 0 Å². The molecule has 0 fully saturated rings. The molecule has 4 heteroatoms. The molecular formula is C31H48O4. The van der Waals surface area contributed by atoms with Gasteiger partial charge >= 0.3 is 0 Å². The predicted octanol–water partition coefficient (Wildman–Crippen LogP) is 7.86. The summed E-state index contributed by atoms with van der Waals surface area (Å²) in [5, 5.41) is 0. The van der Waals surface area contributed by atoms with Gasteiger partial charge in [-0.1, -0.05) is 60.8 Å². The number of fused-ring (bicyclic) bond motifs is 1. The fourth-order valence-corrected chi connectivity index (χ4v) is 5.71. The number of carbonyl (C=O) groups is 4. The van der Waals surface area contributed by atoms with Gasteiger partial charge in [0, 0.05) is 23.5 Å². The monoisotopic (exact) mass is 484 g/mol. The van der Waals surface area contributed by atoms with Crippen LogP contribution in [0.5, 0.6) is 0 Å². The van der Waals surface area contributed by atoms with E-state index >= 15 is 0 Å². The van der Waals surface area contributed by atoms with Crippen LogP contribution < -0.4 is 0 Å². The van der Waals surface area contributed by atoms with Gasteiger partial charge in [0.1, 0.15) is 11.6 Å². The van der Waals surface area contributed by atoms with E-state index in [1.807, 2.05) is 19.9 Å². The van der Waals surface area contributed by atoms with Gasteiger partial charge in [-0.3, -0.25) is 19.2 Å². The van der Waals surface area contributed by atoms with Crippen LogP contribution in [0.25, 0.3) is 0 Å². The van der Waals surface area contributed by atoms with Gasteiger partial charge in [0.2, 0.25) is 0 Å². The molecule has 1 aromatic rings. The zero-order valence-electron chi connectivity index (χ0n) is 23.7. The molecule has 0 aromatic heterocycles. The summed E-state index contributed by atoms with van der Waals surface area (Å²) >= 11 is 0. The Hall–Kier alpha value is -2.10. The third-order valence-electron chi connectivity index (χ3n) is 7.12. The van der Waals surface area contributed by atoms with E-state index in [4.69, 9.17) is 0 Å². The highest BCUT2D eigenvalue weighted by atomic mass is 16.1. The highest BCUT2D eigenvalue weighted by molar-refractivity contribution is 6.05. The van der Waals surface area contributed by atoms with E-state index in [0.29, 0.717) is 12.0 Å². The van der Waals surface area contributed by atoms with Crippen molar-refractivity contribution in [3.8, 4) is 0 Å². The first-order valence-corrected chi connectivity index (χ1v) is 13.7. The number of benzene rings is 1. The van der Waals surface area contributed by atoms with Gasteiger partial charge in [0.15, 0.2) is 11.6 Å². The molecule has 2 rings (SSSR count). The molecule has 0 aliphatic heterocycles. The summed E-state index contributed by atoms with van der Waals surface area (Å²) in [6, 6.07) is 1.99. The number of hydrogen-bond donors (Lipinski definition) is 0. The molecule has 4 nitrogen and oxygen atoms in total. The van der Waals surface area contributed by atoms with Crippen LogP contribution in [-0.2, 0) is 16.0 Å². The van der Waals surface area contributed by atoms with Crippen LogP contribution >= 0.6 is 0 Å². The van der Waals surface area contributed by atoms with Crippen LogP contribution in [0.2, 0.25) is 0 Å². The second-order valence-electron chi connectivity index (χ2n) is 10.8. The quantitative estimate of drug-likeness (QED) is 0.237. The number of carbonyl (C=O) groups excluding carboxylic acids is 4. The van der Waals surface area contributed by atoms with Crippen molar-refractivity contribution in [2.24, 2.45) is 17.8 Å². The Morgan fingerprint density at radius 2 is 1.63 bits per heavy atom. The lowest BCUT2D eigenvalue weighted by Gasteiger charge is -2.33. The van der Waals surface area contributed by atoms with Crippen LogP contribution in [0.3, 0.4) is 0 Å². The van der Waals surface area contributed by atoms with E-state index < -0.39 is 0 Å². The zero-order chi connectivity index (χ0) is 26.9. The third kappa shape index (κ3) is 8.22. The molecule has 0 radical (unpaired) electrons. The molecule has 0 N–H and O–H groups in total. The minimum Gasteiger partial charge on any atom is -0.300 e. The van der Waals surface area contributed by atoms with Crippen molar-refractivity contribution in [2.75, 3.05) is 0 Å². The van der Waals surface area contributed by atoms with E-state index in [-0.39, 0.29) is 53.2 Å². The number of Topliss-reactive ketones (excluding diaryl/α,β-unsaturated/α-hetero) is 4. The van der Waals surface area contributed by atoms with Gasteiger partial charge in [0.05, 0.1) is 6.42 Å². The van der Waals surface area contributed by atoms with Gasteiger partial charge < -0.3 is 0 Å². The van der Waals surface area contributed by atoms with Gasteiger partial charge in [-0.2, -0.15) is 0 Å². The Bertz CT molecular complexity index is 909. The molecule has 1 aliphatic rings. The maximum absolute atomic E-state index is 13.3. The molecule has 3 atom stereocenters. The smallest absolute Gasteiger partial charge is 0.163 e. The molecule has 0 saturated heterocycles. The Morgan fingerprint density at radius 1 is 1.03 bits per heavy atom. The maximum Gasteiger partial charge on any atom is 0.163 e. The second kappa shape index (κ2) is 14.5. The predicted molar refractivity (Wildman–Crippen MR) is 144 cm³/mol. The molecule has 0 spiro atoms. The normalized spacial score (nSPS) is 16.7. The number of hydrogen-bond acceptors (Lipinski definition) is 4. The topological polar surface area (TPSA) is 68.3 Å². The number of ketones is 4. The average molecular weight is 485 g/mol. The molecule has 35 heavy (non-hydrogen) atoms. The van der Waals surface area contributed by atoms with E-state index in [0.717, 1.165) is 54.4 Å². The summed E-state index contributed by atoms with van der Waals surface area (Å²) in [4.78, 5) is 49.8. The average Bonchev–Trinajstić information content (AvgIpc) is 2.73. The SMILES string of the molecule is CCC.CCCC(CC1CC(=O)c2c(C)c(C(C)=O)cc(C(C)C)c2C1)C(CC)C(=O)CC(C)=O. The lowest BCUT2D eigenvalue weighted by atomic mass is 9.70. The molecule has 3 unspecified atom stereocenters. The Kier molecular flexibility index (Phi) is 12.8. The van der Waals surface area contributed by atoms with Gasteiger partial charge in [-0.05, 0) is 80.5 Å². The summed E-state index contributed by atoms with van der Waals surface area (Å²) in [6.07, 6.45) is 5.99. The van der Waals surface area contributed by atoms with Crippen molar-refractivity contribution in [3.63, 3.8) is 0 Å². The Morgan fingerprint density at radius 3 is 2.09 bits per heavy atom. The first kappa shape index (κ1) is 30.9. The summed E-state index contributed by atoms with van der Waals surface area (Å²) < 4.78 is 0. The van der Waals surface area contributed by atoms with Crippen molar-refractivity contribution >= 4 is 23.1 Å². The lowest BCUT2D eigenvalue weighted by Crippen LogP contribution is -2.30. The van der Waals surface area contributed by atoms with E-state index in [1.54, 1.807) is 6.92 Å². The number of rotatable bonds is 11.